The van der Waals surface area contributed by atoms with E-state index in [1.165, 1.54) is 74.6 Å². The summed E-state index contributed by atoms with van der Waals surface area (Å²) in [6.07, 6.45) is 14.0. The van der Waals surface area contributed by atoms with Gasteiger partial charge in [0, 0.05) is 0 Å². The van der Waals surface area contributed by atoms with Gasteiger partial charge in [-0.15, -0.1) is 0 Å². The number of carboxylic acids is 1. The number of hydrogen-bond donors (Lipinski definition) is 1. The number of hydrogen-bond acceptors (Lipinski definition) is 1. The minimum Gasteiger partial charge on any atom is -0.478 e. The van der Waals surface area contributed by atoms with E-state index in [1.54, 1.807) is 0 Å². The van der Waals surface area contributed by atoms with Gasteiger partial charge in [0.05, 0.1) is 5.56 Å². The molecule has 0 unspecified atom stereocenters. The first kappa shape index (κ1) is 28.2. The Morgan fingerprint density at radius 1 is 0.925 bits per heavy atom. The Bertz CT molecular complexity index is 1290. The van der Waals surface area contributed by atoms with Crippen LogP contribution in [-0.4, -0.2) is 11.1 Å². The van der Waals surface area contributed by atoms with Crippen molar-refractivity contribution in [2.45, 2.75) is 106 Å². The van der Waals surface area contributed by atoms with E-state index in [9.17, 15) is 14.3 Å². The third-order valence-electron chi connectivity index (χ3n) is 14.6. The fourth-order valence-corrected chi connectivity index (χ4v) is 12.4. The fourth-order valence-electron chi connectivity index (χ4n) is 12.4. The van der Waals surface area contributed by atoms with Crippen LogP contribution in [-0.2, 0) is 0 Å². The molecule has 9 atom stereocenters. The quantitative estimate of drug-likeness (QED) is 0.383. The molecule has 0 spiro atoms. The summed E-state index contributed by atoms with van der Waals surface area (Å²) in [6, 6.07) is 4.72. The smallest absolute Gasteiger partial charge is 0.338 e. The second kappa shape index (κ2) is 8.81. The molecule has 0 aliphatic heterocycles. The maximum Gasteiger partial charge on any atom is 0.338 e. The highest BCUT2D eigenvalue weighted by molar-refractivity contribution is 5.88. The van der Waals surface area contributed by atoms with E-state index < -0.39 is 11.8 Å². The number of carboxylic acid groups (broad SMARTS) is 1. The number of aromatic carboxylic acids is 1. The van der Waals surface area contributed by atoms with Gasteiger partial charge in [-0.25, -0.2) is 9.18 Å². The predicted octanol–water partition coefficient (Wildman–Crippen LogP) is 10.2. The van der Waals surface area contributed by atoms with Crippen LogP contribution in [0, 0.1) is 62.5 Å². The van der Waals surface area contributed by atoms with Gasteiger partial charge in [-0.1, -0.05) is 65.8 Å². The van der Waals surface area contributed by atoms with Gasteiger partial charge in [-0.3, -0.25) is 0 Å². The molecule has 3 heteroatoms. The summed E-state index contributed by atoms with van der Waals surface area (Å²) >= 11 is 0. The first-order chi connectivity index (χ1) is 18.6. The maximum absolute atomic E-state index is 14.8. The second-order valence-corrected chi connectivity index (χ2v) is 16.4. The van der Waals surface area contributed by atoms with Crippen LogP contribution in [0.15, 0.2) is 36.4 Å². The molecule has 0 bridgehead atoms. The number of fused-ring (bicyclic) bond motifs is 7. The van der Waals surface area contributed by atoms with Crippen molar-refractivity contribution in [3.8, 4) is 0 Å². The highest BCUT2D eigenvalue weighted by Gasteiger charge is 2.69. The van der Waals surface area contributed by atoms with Crippen molar-refractivity contribution >= 4 is 11.5 Å². The first-order valence-electron chi connectivity index (χ1n) is 16.0. The molecule has 0 amide bonds. The van der Waals surface area contributed by atoms with Crippen LogP contribution in [0.5, 0.6) is 0 Å². The zero-order valence-electron chi connectivity index (χ0n) is 26.0. The average molecular weight is 547 g/mol. The lowest BCUT2D eigenvalue weighted by molar-refractivity contribution is -0.223. The van der Waals surface area contributed by atoms with E-state index in [-0.39, 0.29) is 16.4 Å². The van der Waals surface area contributed by atoms with Gasteiger partial charge in [-0.2, -0.15) is 0 Å². The normalized spacial score (nSPS) is 45.4. The molecule has 0 radical (unpaired) electrons. The molecule has 6 rings (SSSR count). The molecule has 40 heavy (non-hydrogen) atoms. The molecular weight excluding hydrogens is 495 g/mol. The third-order valence-corrected chi connectivity index (χ3v) is 14.6. The van der Waals surface area contributed by atoms with E-state index in [1.807, 2.05) is 6.07 Å². The SMILES string of the molecule is C=C(C)[C@@H]1CC[C@]2(C)CC[C@]3(C)[C@H](CC[C@@H]4[C@@]5(C)CC=C(c6ccc(C(=O)O)c(F)c6)C(C)(C)[C@@H]5CC[C@]43C)[C@@H]12. The number of halogens is 1. The van der Waals surface area contributed by atoms with Crippen molar-refractivity contribution in [2.24, 2.45) is 56.7 Å². The van der Waals surface area contributed by atoms with Crippen molar-refractivity contribution in [3.63, 3.8) is 0 Å². The van der Waals surface area contributed by atoms with Crippen LogP contribution >= 0.6 is 0 Å². The van der Waals surface area contributed by atoms with Crippen LogP contribution in [0.3, 0.4) is 0 Å². The Labute approximate surface area is 241 Å². The Hall–Kier alpha value is -1.90. The van der Waals surface area contributed by atoms with E-state index >= 15 is 0 Å². The molecule has 4 saturated carbocycles. The van der Waals surface area contributed by atoms with Gasteiger partial charge in [0.2, 0.25) is 0 Å². The Kier molecular flexibility index (Phi) is 6.21. The highest BCUT2D eigenvalue weighted by Crippen LogP contribution is 2.77. The molecule has 0 heterocycles. The van der Waals surface area contributed by atoms with E-state index in [0.717, 1.165) is 23.8 Å². The van der Waals surface area contributed by atoms with Gasteiger partial charge in [0.1, 0.15) is 5.82 Å². The van der Waals surface area contributed by atoms with E-state index in [4.69, 9.17) is 0 Å². The van der Waals surface area contributed by atoms with Crippen LogP contribution in [0.4, 0.5) is 4.39 Å². The molecule has 1 N–H and O–H groups in total. The van der Waals surface area contributed by atoms with Crippen molar-refractivity contribution in [3.05, 3.63) is 53.4 Å². The van der Waals surface area contributed by atoms with Gasteiger partial charge in [0.15, 0.2) is 0 Å². The molecule has 0 saturated heterocycles. The Morgan fingerprint density at radius 2 is 1.65 bits per heavy atom. The van der Waals surface area contributed by atoms with Crippen molar-refractivity contribution in [2.75, 3.05) is 0 Å². The predicted molar refractivity (Wildman–Crippen MR) is 161 cm³/mol. The molecular formula is C37H51FO2. The van der Waals surface area contributed by atoms with Crippen LogP contribution in [0.2, 0.25) is 0 Å². The van der Waals surface area contributed by atoms with E-state index in [2.05, 4.69) is 61.1 Å². The summed E-state index contributed by atoms with van der Waals surface area (Å²) in [5, 5.41) is 9.34. The standard InChI is InChI=1S/C37H51FO2/c1-22(2)24-13-16-34(5)19-20-36(7)27(31(24)34)11-12-30-35(6)17-14-26(23-9-10-25(32(39)40)28(38)21-23)33(3,4)29(35)15-18-37(30,36)8/h9-10,14,21,24,27,29-31H,1,11-13,15-20H2,2-8H3,(H,39,40)/t24-,27+,29-,30+,31+,34+,35-,36+,37+/m0/s1. The zero-order valence-corrected chi connectivity index (χ0v) is 26.0. The Balaban J connectivity index is 1.37. The lowest BCUT2D eigenvalue weighted by Gasteiger charge is -2.72. The summed E-state index contributed by atoms with van der Waals surface area (Å²) in [5.74, 6) is 1.61. The molecule has 5 aliphatic carbocycles. The molecule has 1 aromatic rings. The maximum atomic E-state index is 14.8. The third kappa shape index (κ3) is 3.54. The summed E-state index contributed by atoms with van der Waals surface area (Å²) in [5.41, 5.74) is 4.46. The molecule has 218 valence electrons. The van der Waals surface area contributed by atoms with Gasteiger partial charge in [0.25, 0.3) is 0 Å². The van der Waals surface area contributed by atoms with Crippen LogP contribution < -0.4 is 0 Å². The fraction of sp³-hybridized carbons (Fsp3) is 0.703. The zero-order chi connectivity index (χ0) is 29.0. The summed E-state index contributed by atoms with van der Waals surface area (Å²) in [7, 11) is 0. The number of allylic oxidation sites excluding steroid dienone is 3. The number of carbonyl (C=O) groups is 1. The van der Waals surface area contributed by atoms with Gasteiger partial charge in [-0.05, 0) is 145 Å². The topological polar surface area (TPSA) is 37.3 Å². The highest BCUT2D eigenvalue weighted by atomic mass is 19.1. The van der Waals surface area contributed by atoms with Crippen molar-refractivity contribution in [1.82, 2.24) is 0 Å². The number of benzene rings is 1. The van der Waals surface area contributed by atoms with Crippen LogP contribution in [0.1, 0.15) is 122 Å². The molecule has 5 aliphatic rings. The minimum atomic E-state index is -1.21. The Morgan fingerprint density at radius 3 is 2.30 bits per heavy atom. The lowest BCUT2D eigenvalue weighted by atomic mass is 9.32. The molecule has 4 fully saturated rings. The molecule has 0 aromatic heterocycles. The van der Waals surface area contributed by atoms with E-state index in [0.29, 0.717) is 34.0 Å². The van der Waals surface area contributed by atoms with Gasteiger partial charge >= 0.3 is 5.97 Å². The molecule has 1 aromatic carbocycles. The number of rotatable bonds is 3. The van der Waals surface area contributed by atoms with Gasteiger partial charge < -0.3 is 5.11 Å². The summed E-state index contributed by atoms with van der Waals surface area (Å²) in [6.45, 7) is 22.1. The lowest BCUT2D eigenvalue weighted by Crippen LogP contribution is -2.65. The van der Waals surface area contributed by atoms with Crippen molar-refractivity contribution in [1.29, 1.82) is 0 Å². The first-order valence-corrected chi connectivity index (χ1v) is 16.0. The monoisotopic (exact) mass is 546 g/mol. The summed E-state index contributed by atoms with van der Waals surface area (Å²) in [4.78, 5) is 11.4. The minimum absolute atomic E-state index is 0.106. The van der Waals surface area contributed by atoms with Crippen LogP contribution in [0.25, 0.3) is 5.57 Å². The second-order valence-electron chi connectivity index (χ2n) is 16.4. The van der Waals surface area contributed by atoms with Crippen molar-refractivity contribution < 1.29 is 14.3 Å². The summed E-state index contributed by atoms with van der Waals surface area (Å²) < 4.78 is 14.8. The largest absolute Gasteiger partial charge is 0.478 e. The average Bonchev–Trinajstić information content (AvgIpc) is 3.22. The molecule has 2 nitrogen and oxygen atoms in total.